The van der Waals surface area contributed by atoms with Crippen LogP contribution in [0.15, 0.2) is 28.8 Å². The first kappa shape index (κ1) is 9.58. The zero-order valence-electron chi connectivity index (χ0n) is 8.53. The average molecular weight is 203 g/mol. The van der Waals surface area contributed by atoms with Crippen molar-refractivity contribution in [3.8, 4) is 0 Å². The fraction of sp³-hybridized carbons (Fsp3) is 0.182. The van der Waals surface area contributed by atoms with Gasteiger partial charge in [-0.25, -0.2) is 0 Å². The number of nitrogens with two attached hydrogens (primary N) is 2. The Morgan fingerprint density at radius 3 is 2.40 bits per heavy atom. The number of hydrogen-bond donors (Lipinski definition) is 2. The average Bonchev–Trinajstić information content (AvgIpc) is 2.53. The monoisotopic (exact) mass is 203 g/mol. The Labute approximate surface area is 87.9 Å². The molecular weight excluding hydrogens is 190 g/mol. The third-order valence-electron chi connectivity index (χ3n) is 2.35. The van der Waals surface area contributed by atoms with Crippen LogP contribution in [-0.2, 0) is 6.42 Å². The van der Waals surface area contributed by atoms with E-state index in [1.54, 1.807) is 0 Å². The molecule has 2 rings (SSSR count). The maximum Gasteiger partial charge on any atom is 0.227 e. The molecule has 0 unspecified atom stereocenters. The van der Waals surface area contributed by atoms with Gasteiger partial charge in [-0.15, -0.1) is 0 Å². The molecule has 0 spiro atoms. The number of aryl methyl sites for hydroxylation is 1. The summed E-state index contributed by atoms with van der Waals surface area (Å²) in [6, 6.07) is 8.19. The molecule has 0 aliphatic heterocycles. The molecule has 0 saturated carbocycles. The maximum absolute atomic E-state index is 5.63. The van der Waals surface area contributed by atoms with Crippen LogP contribution in [0.2, 0.25) is 0 Å². The lowest BCUT2D eigenvalue weighted by molar-refractivity contribution is 0.439. The van der Waals surface area contributed by atoms with Crippen molar-refractivity contribution < 1.29 is 4.52 Å². The molecule has 78 valence electrons. The van der Waals surface area contributed by atoms with Crippen LogP contribution in [0.4, 0.5) is 11.7 Å². The van der Waals surface area contributed by atoms with E-state index in [2.05, 4.69) is 17.3 Å². The first-order valence-corrected chi connectivity index (χ1v) is 4.72. The summed E-state index contributed by atoms with van der Waals surface area (Å²) in [6.07, 6.45) is 0.654. The predicted molar refractivity (Wildman–Crippen MR) is 59.3 cm³/mol. The van der Waals surface area contributed by atoms with Crippen LogP contribution in [-0.4, -0.2) is 5.16 Å². The molecule has 0 atom stereocenters. The molecular formula is C11H13N3O. The van der Waals surface area contributed by atoms with E-state index >= 15 is 0 Å². The highest BCUT2D eigenvalue weighted by Gasteiger charge is 2.10. The summed E-state index contributed by atoms with van der Waals surface area (Å²) in [5.41, 5.74) is 14.4. The van der Waals surface area contributed by atoms with E-state index in [-0.39, 0.29) is 0 Å². The van der Waals surface area contributed by atoms with Gasteiger partial charge in [0.2, 0.25) is 5.88 Å². The van der Waals surface area contributed by atoms with Gasteiger partial charge >= 0.3 is 0 Å². The molecule has 0 amide bonds. The van der Waals surface area contributed by atoms with Gasteiger partial charge in [0.05, 0.1) is 5.56 Å². The van der Waals surface area contributed by atoms with E-state index in [1.165, 1.54) is 5.56 Å². The van der Waals surface area contributed by atoms with E-state index in [9.17, 15) is 0 Å². The fourth-order valence-corrected chi connectivity index (χ4v) is 1.42. The van der Waals surface area contributed by atoms with Gasteiger partial charge in [-0.3, -0.25) is 0 Å². The summed E-state index contributed by atoms with van der Waals surface area (Å²) >= 11 is 0. The van der Waals surface area contributed by atoms with Gasteiger partial charge in [-0.1, -0.05) is 35.0 Å². The van der Waals surface area contributed by atoms with Crippen LogP contribution >= 0.6 is 0 Å². The lowest BCUT2D eigenvalue weighted by atomic mass is 10.1. The minimum absolute atomic E-state index is 0.299. The molecule has 4 N–H and O–H groups in total. The molecule has 15 heavy (non-hydrogen) atoms. The molecule has 0 bridgehead atoms. The highest BCUT2D eigenvalue weighted by molar-refractivity contribution is 5.52. The van der Waals surface area contributed by atoms with Crippen LogP contribution < -0.4 is 11.5 Å². The van der Waals surface area contributed by atoms with E-state index in [0.29, 0.717) is 18.1 Å². The van der Waals surface area contributed by atoms with Crippen molar-refractivity contribution in [1.29, 1.82) is 0 Å². The topological polar surface area (TPSA) is 78.1 Å². The largest absolute Gasteiger partial charge is 0.381 e. The van der Waals surface area contributed by atoms with E-state index in [4.69, 9.17) is 16.0 Å². The number of nitrogens with zero attached hydrogens (tertiary/aromatic N) is 1. The zero-order valence-corrected chi connectivity index (χ0v) is 8.53. The van der Waals surface area contributed by atoms with Crippen molar-refractivity contribution >= 4 is 11.7 Å². The van der Waals surface area contributed by atoms with Crippen LogP contribution in [0.25, 0.3) is 0 Å². The minimum Gasteiger partial charge on any atom is -0.381 e. The van der Waals surface area contributed by atoms with E-state index in [1.807, 2.05) is 19.1 Å². The Kier molecular flexibility index (Phi) is 2.33. The smallest absolute Gasteiger partial charge is 0.227 e. The zero-order chi connectivity index (χ0) is 10.8. The van der Waals surface area contributed by atoms with Crippen molar-refractivity contribution in [1.82, 2.24) is 5.16 Å². The van der Waals surface area contributed by atoms with Crippen molar-refractivity contribution in [2.24, 2.45) is 0 Å². The van der Waals surface area contributed by atoms with Gasteiger partial charge in [0.1, 0.15) is 0 Å². The third kappa shape index (κ3) is 1.93. The molecule has 1 aromatic heterocycles. The Balaban J connectivity index is 2.25. The van der Waals surface area contributed by atoms with Crippen molar-refractivity contribution in [2.75, 3.05) is 11.5 Å². The summed E-state index contributed by atoms with van der Waals surface area (Å²) in [4.78, 5) is 0. The lowest BCUT2D eigenvalue weighted by Crippen LogP contribution is -1.96. The first-order valence-electron chi connectivity index (χ1n) is 4.72. The third-order valence-corrected chi connectivity index (χ3v) is 2.35. The second-order valence-corrected chi connectivity index (χ2v) is 3.57. The van der Waals surface area contributed by atoms with Crippen molar-refractivity contribution in [3.05, 3.63) is 41.0 Å². The summed E-state index contributed by atoms with van der Waals surface area (Å²) in [6.45, 7) is 2.05. The number of anilines is 2. The Hall–Kier alpha value is -1.97. The SMILES string of the molecule is Cc1ccc(Cc2c(N)noc2N)cc1. The molecule has 4 heteroatoms. The number of nitrogen functional groups attached to an aromatic ring is 2. The molecule has 4 nitrogen and oxygen atoms in total. The second-order valence-electron chi connectivity index (χ2n) is 3.57. The molecule has 1 aromatic carbocycles. The summed E-state index contributed by atoms with van der Waals surface area (Å²) in [7, 11) is 0. The lowest BCUT2D eigenvalue weighted by Gasteiger charge is -2.00. The first-order chi connectivity index (χ1) is 7.16. The van der Waals surface area contributed by atoms with Gasteiger partial charge in [0.25, 0.3) is 0 Å². The fourth-order valence-electron chi connectivity index (χ4n) is 1.42. The Morgan fingerprint density at radius 1 is 1.20 bits per heavy atom. The molecule has 0 aliphatic carbocycles. The molecule has 0 saturated heterocycles. The quantitative estimate of drug-likeness (QED) is 0.779. The normalized spacial score (nSPS) is 10.5. The van der Waals surface area contributed by atoms with E-state index in [0.717, 1.165) is 11.1 Å². The van der Waals surface area contributed by atoms with Gasteiger partial charge in [0.15, 0.2) is 5.82 Å². The van der Waals surface area contributed by atoms with Gasteiger partial charge < -0.3 is 16.0 Å². The van der Waals surface area contributed by atoms with Gasteiger partial charge in [-0.2, -0.15) is 0 Å². The molecule has 1 heterocycles. The number of hydrogen-bond acceptors (Lipinski definition) is 4. The summed E-state index contributed by atoms with van der Waals surface area (Å²) in [5, 5.41) is 3.61. The van der Waals surface area contributed by atoms with Crippen molar-refractivity contribution in [3.63, 3.8) is 0 Å². The van der Waals surface area contributed by atoms with Crippen LogP contribution in [0.1, 0.15) is 16.7 Å². The second kappa shape index (κ2) is 3.65. The Morgan fingerprint density at radius 2 is 1.87 bits per heavy atom. The standard InChI is InChI=1S/C11H13N3O/c1-7-2-4-8(5-3-7)6-9-10(12)14-15-11(9)13/h2-5H,6,13H2,1H3,(H2,12,14). The number of rotatable bonds is 2. The highest BCUT2D eigenvalue weighted by atomic mass is 16.5. The maximum atomic E-state index is 5.63. The van der Waals surface area contributed by atoms with Crippen molar-refractivity contribution in [2.45, 2.75) is 13.3 Å². The minimum atomic E-state index is 0.299. The van der Waals surface area contributed by atoms with Crippen LogP contribution in [0.5, 0.6) is 0 Å². The molecule has 2 aromatic rings. The molecule has 0 fully saturated rings. The predicted octanol–water partition coefficient (Wildman–Crippen LogP) is 1.74. The highest BCUT2D eigenvalue weighted by Crippen LogP contribution is 2.22. The van der Waals surface area contributed by atoms with Crippen LogP contribution in [0, 0.1) is 6.92 Å². The summed E-state index contributed by atoms with van der Waals surface area (Å²) in [5.74, 6) is 0.668. The van der Waals surface area contributed by atoms with E-state index < -0.39 is 0 Å². The molecule has 0 radical (unpaired) electrons. The van der Waals surface area contributed by atoms with Gasteiger partial charge in [0, 0.05) is 6.42 Å². The Bertz CT molecular complexity index is 440. The number of benzene rings is 1. The van der Waals surface area contributed by atoms with Gasteiger partial charge in [-0.05, 0) is 12.5 Å². The van der Waals surface area contributed by atoms with Crippen LogP contribution in [0.3, 0.4) is 0 Å². The number of aromatic nitrogens is 1. The molecule has 0 aliphatic rings. The summed E-state index contributed by atoms with van der Waals surface area (Å²) < 4.78 is 4.79.